The lowest BCUT2D eigenvalue weighted by molar-refractivity contribution is 0.414. The van der Waals surface area contributed by atoms with Crippen LogP contribution in [0.2, 0.25) is 0 Å². The number of benzene rings is 2. The zero-order chi connectivity index (χ0) is 15.5. The van der Waals surface area contributed by atoms with Gasteiger partial charge in [-0.05, 0) is 71.5 Å². The van der Waals surface area contributed by atoms with Gasteiger partial charge >= 0.3 is 0 Å². The number of methoxy groups -OCH3 is 1. The molecule has 0 radical (unpaired) electrons. The maximum absolute atomic E-state index is 12.3. The first-order valence-corrected chi connectivity index (χ1v) is 8.90. The minimum absolute atomic E-state index is 0.267. The van der Waals surface area contributed by atoms with E-state index >= 15 is 0 Å². The molecule has 0 aromatic heterocycles. The fourth-order valence-corrected chi connectivity index (χ4v) is 3.47. The molecule has 0 aliphatic carbocycles. The zero-order valence-electron chi connectivity index (χ0n) is 11.7. The van der Waals surface area contributed by atoms with E-state index < -0.39 is 10.0 Å². The zero-order valence-corrected chi connectivity index (χ0v) is 14.7. The Kier molecular flexibility index (Phi) is 5.23. The molecule has 2 rings (SSSR count). The third kappa shape index (κ3) is 4.18. The first-order chi connectivity index (χ1) is 9.92. The van der Waals surface area contributed by atoms with Gasteiger partial charge in [-0.3, -0.25) is 0 Å². The van der Waals surface area contributed by atoms with Gasteiger partial charge < -0.3 is 4.74 Å². The van der Waals surface area contributed by atoms with Crippen molar-refractivity contribution in [3.05, 3.63) is 57.7 Å². The molecular formula is C15H16INO3S. The first kappa shape index (κ1) is 16.3. The average molecular weight is 417 g/mol. The summed E-state index contributed by atoms with van der Waals surface area (Å²) in [6.07, 6.45) is 0. The Morgan fingerprint density at radius 3 is 2.14 bits per heavy atom. The molecular weight excluding hydrogens is 401 g/mol. The minimum atomic E-state index is -3.52. The second-order valence-corrected chi connectivity index (χ2v) is 7.53. The highest BCUT2D eigenvalue weighted by atomic mass is 127. The lowest BCUT2D eigenvalue weighted by Gasteiger charge is -2.15. The van der Waals surface area contributed by atoms with E-state index in [-0.39, 0.29) is 10.9 Å². The highest BCUT2D eigenvalue weighted by Crippen LogP contribution is 2.20. The van der Waals surface area contributed by atoms with Crippen molar-refractivity contribution in [1.82, 2.24) is 4.72 Å². The Balaban J connectivity index is 2.17. The monoisotopic (exact) mass is 417 g/mol. The third-order valence-corrected chi connectivity index (χ3v) is 5.35. The Morgan fingerprint density at radius 1 is 1.05 bits per heavy atom. The van der Waals surface area contributed by atoms with Crippen molar-refractivity contribution in [2.75, 3.05) is 7.11 Å². The summed E-state index contributed by atoms with van der Waals surface area (Å²) < 4.78 is 33.4. The highest BCUT2D eigenvalue weighted by Gasteiger charge is 2.18. The van der Waals surface area contributed by atoms with Gasteiger partial charge in [-0.15, -0.1) is 0 Å². The molecule has 0 unspecified atom stereocenters. The summed E-state index contributed by atoms with van der Waals surface area (Å²) in [6, 6.07) is 13.7. The van der Waals surface area contributed by atoms with E-state index in [1.165, 1.54) is 0 Å². The number of ether oxygens (including phenoxy) is 1. The second kappa shape index (κ2) is 6.76. The van der Waals surface area contributed by atoms with Gasteiger partial charge in [-0.1, -0.05) is 12.1 Å². The summed E-state index contributed by atoms with van der Waals surface area (Å²) in [6.45, 7) is 1.81. The summed E-state index contributed by atoms with van der Waals surface area (Å²) in [4.78, 5) is 0.267. The van der Waals surface area contributed by atoms with Gasteiger partial charge in [0.25, 0.3) is 0 Å². The molecule has 0 bridgehead atoms. The van der Waals surface area contributed by atoms with Crippen molar-refractivity contribution < 1.29 is 13.2 Å². The van der Waals surface area contributed by atoms with Crippen LogP contribution < -0.4 is 9.46 Å². The molecule has 112 valence electrons. The van der Waals surface area contributed by atoms with Gasteiger partial charge in [0.05, 0.1) is 12.0 Å². The lowest BCUT2D eigenvalue weighted by atomic mass is 10.1. The quantitative estimate of drug-likeness (QED) is 0.760. The van der Waals surface area contributed by atoms with Crippen LogP contribution in [0.3, 0.4) is 0 Å². The maximum atomic E-state index is 12.3. The van der Waals surface area contributed by atoms with Gasteiger partial charge in [-0.25, -0.2) is 13.1 Å². The number of halogens is 1. The van der Waals surface area contributed by atoms with Crippen molar-refractivity contribution in [1.29, 1.82) is 0 Å². The van der Waals surface area contributed by atoms with Crippen LogP contribution in [-0.4, -0.2) is 15.5 Å². The SMILES string of the molecule is COc1ccc([C@@H](C)NS(=O)(=O)c2ccc(I)cc2)cc1. The smallest absolute Gasteiger partial charge is 0.241 e. The molecule has 0 aliphatic heterocycles. The normalized spacial score (nSPS) is 12.9. The topological polar surface area (TPSA) is 55.4 Å². The Morgan fingerprint density at radius 2 is 1.62 bits per heavy atom. The van der Waals surface area contributed by atoms with Crippen molar-refractivity contribution in [3.63, 3.8) is 0 Å². The highest BCUT2D eigenvalue weighted by molar-refractivity contribution is 14.1. The van der Waals surface area contributed by atoms with Gasteiger partial charge in [0.2, 0.25) is 10.0 Å². The first-order valence-electron chi connectivity index (χ1n) is 6.34. The summed E-state index contributed by atoms with van der Waals surface area (Å²) in [5.41, 5.74) is 0.880. The Bertz CT molecular complexity index is 697. The minimum Gasteiger partial charge on any atom is -0.497 e. The summed E-state index contributed by atoms with van der Waals surface area (Å²) >= 11 is 2.14. The number of hydrogen-bond acceptors (Lipinski definition) is 3. The van der Waals surface area contributed by atoms with Crippen LogP contribution >= 0.6 is 22.6 Å². The molecule has 0 saturated carbocycles. The number of hydrogen-bond donors (Lipinski definition) is 1. The molecule has 6 heteroatoms. The maximum Gasteiger partial charge on any atom is 0.241 e. The van der Waals surface area contributed by atoms with Gasteiger partial charge in [0.1, 0.15) is 5.75 Å². The molecule has 0 saturated heterocycles. The van der Waals surface area contributed by atoms with E-state index in [9.17, 15) is 8.42 Å². The fraction of sp³-hybridized carbons (Fsp3) is 0.200. The fourth-order valence-electron chi connectivity index (χ4n) is 1.88. The van der Waals surface area contributed by atoms with Crippen molar-refractivity contribution in [2.45, 2.75) is 17.9 Å². The Labute approximate surface area is 138 Å². The molecule has 2 aromatic rings. The van der Waals surface area contributed by atoms with Gasteiger partial charge in [0.15, 0.2) is 0 Å². The van der Waals surface area contributed by atoms with E-state index in [2.05, 4.69) is 27.3 Å². The van der Waals surface area contributed by atoms with Crippen LogP contribution in [0.15, 0.2) is 53.4 Å². The predicted octanol–water partition coefficient (Wildman–Crippen LogP) is 3.34. The van der Waals surface area contributed by atoms with E-state index in [1.807, 2.05) is 31.2 Å². The van der Waals surface area contributed by atoms with Gasteiger partial charge in [-0.2, -0.15) is 0 Å². The molecule has 0 fully saturated rings. The lowest BCUT2D eigenvalue weighted by Crippen LogP contribution is -2.26. The van der Waals surface area contributed by atoms with Gasteiger partial charge in [0, 0.05) is 9.61 Å². The van der Waals surface area contributed by atoms with Crippen LogP contribution in [0.1, 0.15) is 18.5 Å². The van der Waals surface area contributed by atoms with E-state index in [0.29, 0.717) is 0 Å². The summed E-state index contributed by atoms with van der Waals surface area (Å²) in [7, 11) is -1.93. The summed E-state index contributed by atoms with van der Waals surface area (Å²) in [5.74, 6) is 0.742. The standard InChI is InChI=1S/C15H16INO3S/c1-11(12-3-7-14(20-2)8-4-12)17-21(18,19)15-9-5-13(16)6-10-15/h3-11,17H,1-2H3/t11-/m1/s1. The molecule has 0 spiro atoms. The van der Waals surface area contributed by atoms with Crippen LogP contribution in [0, 0.1) is 3.57 Å². The molecule has 2 aromatic carbocycles. The van der Waals surface area contributed by atoms with Crippen LogP contribution in [0.25, 0.3) is 0 Å². The summed E-state index contributed by atoms with van der Waals surface area (Å²) in [5, 5.41) is 0. The number of nitrogens with one attached hydrogen (secondary N) is 1. The number of sulfonamides is 1. The second-order valence-electron chi connectivity index (χ2n) is 4.57. The molecule has 21 heavy (non-hydrogen) atoms. The third-order valence-electron chi connectivity index (χ3n) is 3.07. The average Bonchev–Trinajstić information content (AvgIpc) is 2.47. The van der Waals surface area contributed by atoms with Crippen LogP contribution in [-0.2, 0) is 10.0 Å². The Hall–Kier alpha value is -1.12. The van der Waals surface area contributed by atoms with Crippen molar-refractivity contribution in [3.8, 4) is 5.75 Å². The van der Waals surface area contributed by atoms with Crippen LogP contribution in [0.5, 0.6) is 5.75 Å². The molecule has 1 atom stereocenters. The molecule has 4 nitrogen and oxygen atoms in total. The predicted molar refractivity (Wildman–Crippen MR) is 90.9 cm³/mol. The van der Waals surface area contributed by atoms with Crippen LogP contribution in [0.4, 0.5) is 0 Å². The van der Waals surface area contributed by atoms with Crippen molar-refractivity contribution in [2.24, 2.45) is 0 Å². The largest absolute Gasteiger partial charge is 0.497 e. The number of rotatable bonds is 5. The van der Waals surface area contributed by atoms with Crippen molar-refractivity contribution >= 4 is 32.6 Å². The van der Waals surface area contributed by atoms with E-state index in [0.717, 1.165) is 14.9 Å². The van der Waals surface area contributed by atoms with E-state index in [4.69, 9.17) is 4.74 Å². The molecule has 0 heterocycles. The molecule has 0 aliphatic rings. The molecule has 1 N–H and O–H groups in total. The molecule has 0 amide bonds. The van der Waals surface area contributed by atoms with E-state index in [1.54, 1.807) is 31.4 Å².